The largest absolute Gasteiger partial charge is 0.573 e. The lowest BCUT2D eigenvalue weighted by molar-refractivity contribution is -0.274. The number of ether oxygens (including phenoxy) is 3. The van der Waals surface area contributed by atoms with Crippen molar-refractivity contribution >= 4 is 5.91 Å². The molecule has 2 aromatic carbocycles. The summed E-state index contributed by atoms with van der Waals surface area (Å²) in [5, 5.41) is 2.59. The Labute approximate surface area is 160 Å². The van der Waals surface area contributed by atoms with Gasteiger partial charge in [0.05, 0.1) is 6.10 Å². The van der Waals surface area contributed by atoms with E-state index in [1.54, 1.807) is 30.3 Å². The van der Waals surface area contributed by atoms with Gasteiger partial charge in [-0.2, -0.15) is 0 Å². The molecule has 5 nitrogen and oxygen atoms in total. The Morgan fingerprint density at radius 1 is 1.14 bits per heavy atom. The van der Waals surface area contributed by atoms with Gasteiger partial charge in [0.2, 0.25) is 0 Å². The first-order chi connectivity index (χ1) is 13.4. The highest BCUT2D eigenvalue weighted by Gasteiger charge is 2.32. The molecule has 0 saturated carbocycles. The number of carbonyl (C=O) groups is 1. The van der Waals surface area contributed by atoms with Gasteiger partial charge in [-0.05, 0) is 43.2 Å². The molecule has 0 aliphatic carbocycles. The number of benzene rings is 2. The quantitative estimate of drug-likeness (QED) is 0.768. The van der Waals surface area contributed by atoms with E-state index in [2.05, 4.69) is 10.1 Å². The summed E-state index contributed by atoms with van der Waals surface area (Å²) in [5.74, 6) is -0.128. The van der Waals surface area contributed by atoms with Gasteiger partial charge in [-0.15, -0.1) is 13.2 Å². The van der Waals surface area contributed by atoms with Crippen molar-refractivity contribution in [2.24, 2.45) is 0 Å². The Hall–Kier alpha value is -2.74. The fourth-order valence-electron chi connectivity index (χ4n) is 2.82. The first kappa shape index (κ1) is 20.0. The predicted octanol–water partition coefficient (Wildman–Crippen LogP) is 4.07. The molecule has 0 aromatic heterocycles. The van der Waals surface area contributed by atoms with E-state index in [0.717, 1.165) is 19.4 Å². The maximum Gasteiger partial charge on any atom is 0.573 e. The van der Waals surface area contributed by atoms with Crippen molar-refractivity contribution in [3.63, 3.8) is 0 Å². The second-order valence-corrected chi connectivity index (χ2v) is 6.31. The lowest BCUT2D eigenvalue weighted by Gasteiger charge is -2.14. The van der Waals surface area contributed by atoms with Crippen LogP contribution in [0, 0.1) is 0 Å². The van der Waals surface area contributed by atoms with E-state index in [-0.39, 0.29) is 24.0 Å². The summed E-state index contributed by atoms with van der Waals surface area (Å²) < 4.78 is 52.5. The third kappa shape index (κ3) is 5.88. The van der Waals surface area contributed by atoms with E-state index >= 15 is 0 Å². The van der Waals surface area contributed by atoms with E-state index < -0.39 is 12.3 Å². The fraction of sp³-hybridized carbons (Fsp3) is 0.350. The van der Waals surface area contributed by atoms with Crippen LogP contribution in [0.5, 0.6) is 11.5 Å². The van der Waals surface area contributed by atoms with Crippen LogP contribution >= 0.6 is 0 Å². The molecule has 0 bridgehead atoms. The van der Waals surface area contributed by atoms with Crippen LogP contribution in [0.4, 0.5) is 13.2 Å². The number of hydrogen-bond donors (Lipinski definition) is 1. The lowest BCUT2D eigenvalue weighted by atomic mass is 10.1. The minimum atomic E-state index is -4.79. The van der Waals surface area contributed by atoms with E-state index in [9.17, 15) is 18.0 Å². The van der Waals surface area contributed by atoms with E-state index in [4.69, 9.17) is 9.47 Å². The van der Waals surface area contributed by atoms with Crippen LogP contribution in [0.2, 0.25) is 0 Å². The van der Waals surface area contributed by atoms with Crippen molar-refractivity contribution in [2.75, 3.05) is 13.2 Å². The van der Waals surface area contributed by atoms with Gasteiger partial charge in [0.1, 0.15) is 18.1 Å². The van der Waals surface area contributed by atoms with Crippen LogP contribution in [-0.4, -0.2) is 31.6 Å². The molecule has 150 valence electrons. The Kier molecular flexibility index (Phi) is 6.41. The number of halogens is 3. The maximum absolute atomic E-state index is 12.5. The van der Waals surface area contributed by atoms with E-state index in [1.165, 1.54) is 18.2 Å². The summed E-state index contributed by atoms with van der Waals surface area (Å²) in [6.45, 7) is 1.12. The van der Waals surface area contributed by atoms with Gasteiger partial charge in [-0.25, -0.2) is 0 Å². The average Bonchev–Trinajstić information content (AvgIpc) is 3.18. The fourth-order valence-corrected chi connectivity index (χ4v) is 2.82. The predicted molar refractivity (Wildman–Crippen MR) is 95.2 cm³/mol. The van der Waals surface area contributed by atoms with Crippen LogP contribution < -0.4 is 14.8 Å². The van der Waals surface area contributed by atoms with Crippen molar-refractivity contribution < 1.29 is 32.2 Å². The molecule has 1 fully saturated rings. The van der Waals surface area contributed by atoms with Gasteiger partial charge in [0.15, 0.2) is 0 Å². The molecule has 1 amide bonds. The zero-order valence-electron chi connectivity index (χ0n) is 15.0. The highest BCUT2D eigenvalue weighted by molar-refractivity contribution is 5.94. The van der Waals surface area contributed by atoms with Gasteiger partial charge in [-0.3, -0.25) is 4.79 Å². The van der Waals surface area contributed by atoms with Crippen molar-refractivity contribution in [1.82, 2.24) is 5.32 Å². The smallest absolute Gasteiger partial charge is 0.491 e. The minimum Gasteiger partial charge on any atom is -0.491 e. The molecule has 0 radical (unpaired) electrons. The van der Waals surface area contributed by atoms with E-state index in [0.29, 0.717) is 17.9 Å². The second kappa shape index (κ2) is 8.97. The number of carbonyl (C=O) groups excluding carboxylic acids is 1. The molecule has 0 spiro atoms. The Morgan fingerprint density at radius 3 is 2.57 bits per heavy atom. The topological polar surface area (TPSA) is 56.8 Å². The summed E-state index contributed by atoms with van der Waals surface area (Å²) in [6.07, 6.45) is -2.69. The molecule has 28 heavy (non-hydrogen) atoms. The standard InChI is InChI=1S/C20H20F3NO4/c21-20(22,23)28-18-6-2-1-4-15(18)12-24-19(25)14-7-9-16(10-8-14)27-13-17-5-3-11-26-17/h1-2,4,6-10,17H,3,5,11-13H2,(H,24,25). The van der Waals surface area contributed by atoms with Crippen molar-refractivity contribution in [2.45, 2.75) is 31.9 Å². The summed E-state index contributed by atoms with van der Waals surface area (Å²) in [6, 6.07) is 12.2. The highest BCUT2D eigenvalue weighted by atomic mass is 19.4. The van der Waals surface area contributed by atoms with Crippen LogP contribution in [0.1, 0.15) is 28.8 Å². The third-order valence-corrected chi connectivity index (χ3v) is 4.21. The molecular formula is C20H20F3NO4. The average molecular weight is 395 g/mol. The first-order valence-corrected chi connectivity index (χ1v) is 8.87. The number of amides is 1. The van der Waals surface area contributed by atoms with Gasteiger partial charge in [0, 0.05) is 24.3 Å². The lowest BCUT2D eigenvalue weighted by Crippen LogP contribution is -2.24. The van der Waals surface area contributed by atoms with Crippen LogP contribution in [0.3, 0.4) is 0 Å². The van der Waals surface area contributed by atoms with Gasteiger partial charge < -0.3 is 19.5 Å². The maximum atomic E-state index is 12.5. The molecule has 1 unspecified atom stereocenters. The molecule has 8 heteroatoms. The number of rotatable bonds is 7. The van der Waals surface area contributed by atoms with Gasteiger partial charge in [0.25, 0.3) is 5.91 Å². The normalized spacial score (nSPS) is 16.6. The molecule has 1 N–H and O–H groups in total. The monoisotopic (exact) mass is 395 g/mol. The Bertz CT molecular complexity index is 787. The summed E-state index contributed by atoms with van der Waals surface area (Å²) >= 11 is 0. The van der Waals surface area contributed by atoms with Crippen molar-refractivity contribution in [3.05, 3.63) is 59.7 Å². The Balaban J connectivity index is 1.53. The second-order valence-electron chi connectivity index (χ2n) is 6.31. The molecule has 2 aromatic rings. The van der Waals surface area contributed by atoms with E-state index in [1.807, 2.05) is 0 Å². The minimum absolute atomic E-state index is 0.0949. The number of hydrogen-bond acceptors (Lipinski definition) is 4. The number of para-hydroxylation sites is 1. The summed E-state index contributed by atoms with van der Waals surface area (Å²) in [7, 11) is 0. The number of nitrogens with one attached hydrogen (secondary N) is 1. The molecule has 1 saturated heterocycles. The molecule has 3 rings (SSSR count). The van der Waals surface area contributed by atoms with Crippen LogP contribution in [-0.2, 0) is 11.3 Å². The third-order valence-electron chi connectivity index (χ3n) is 4.21. The SMILES string of the molecule is O=C(NCc1ccccc1OC(F)(F)F)c1ccc(OCC2CCCO2)cc1. The van der Waals surface area contributed by atoms with Gasteiger partial charge in [-0.1, -0.05) is 18.2 Å². The molecule has 1 aliphatic rings. The molecule has 1 heterocycles. The Morgan fingerprint density at radius 2 is 1.89 bits per heavy atom. The van der Waals surface area contributed by atoms with Gasteiger partial charge >= 0.3 is 6.36 Å². The summed E-state index contributed by atoms with van der Waals surface area (Å²) in [4.78, 5) is 12.3. The van der Waals surface area contributed by atoms with Crippen LogP contribution in [0.25, 0.3) is 0 Å². The molecule has 1 atom stereocenters. The summed E-state index contributed by atoms with van der Waals surface area (Å²) in [5.41, 5.74) is 0.600. The first-order valence-electron chi connectivity index (χ1n) is 8.87. The van der Waals surface area contributed by atoms with Crippen LogP contribution in [0.15, 0.2) is 48.5 Å². The zero-order valence-corrected chi connectivity index (χ0v) is 15.0. The van der Waals surface area contributed by atoms with Crippen molar-refractivity contribution in [1.29, 1.82) is 0 Å². The highest BCUT2D eigenvalue weighted by Crippen LogP contribution is 2.26. The molecule has 1 aliphatic heterocycles. The zero-order chi connectivity index (χ0) is 20.0. The number of alkyl halides is 3. The van der Waals surface area contributed by atoms with Crippen molar-refractivity contribution in [3.8, 4) is 11.5 Å². The molecular weight excluding hydrogens is 375 g/mol.